The molecule has 0 saturated carbocycles. The summed E-state index contributed by atoms with van der Waals surface area (Å²) in [6.45, 7) is 17.6. The first kappa shape index (κ1) is 23.7. The average molecular weight is 422 g/mol. The topological polar surface area (TPSA) is 48.0 Å². The third kappa shape index (κ3) is 5.98. The summed E-state index contributed by atoms with van der Waals surface area (Å²) >= 11 is 0. The summed E-state index contributed by atoms with van der Waals surface area (Å²) in [5.74, 6) is 0.842. The number of nitrogens with zero attached hydrogens (tertiary/aromatic N) is 1. The van der Waals surface area contributed by atoms with Crippen LogP contribution in [0.25, 0.3) is 0 Å². The fourth-order valence-corrected chi connectivity index (χ4v) is 4.79. The lowest BCUT2D eigenvalue weighted by molar-refractivity contribution is 0.0164. The van der Waals surface area contributed by atoms with E-state index < -0.39 is 13.9 Å². The Kier molecular flexibility index (Phi) is 7.11. The predicted molar refractivity (Wildman–Crippen MR) is 120 cm³/mol. The molecule has 6 heteroatoms. The molecule has 0 unspecified atom stereocenters. The monoisotopic (exact) mass is 421 g/mol. The molecule has 1 fully saturated rings. The van der Waals surface area contributed by atoms with Crippen LogP contribution in [0.1, 0.15) is 53.5 Å². The number of methoxy groups -OCH3 is 1. The largest absolute Gasteiger partial charge is 0.496 e. The van der Waals surface area contributed by atoms with E-state index in [0.29, 0.717) is 13.0 Å². The molecule has 1 aromatic rings. The zero-order valence-electron chi connectivity index (χ0n) is 19.7. The molecule has 0 spiro atoms. The molecule has 2 rings (SSSR count). The van der Waals surface area contributed by atoms with Crippen LogP contribution in [0, 0.1) is 0 Å². The normalized spacial score (nSPS) is 20.7. The molecule has 5 nitrogen and oxygen atoms in total. The van der Waals surface area contributed by atoms with E-state index in [9.17, 15) is 4.79 Å². The Morgan fingerprint density at radius 2 is 1.76 bits per heavy atom. The van der Waals surface area contributed by atoms with Crippen LogP contribution in [0.15, 0.2) is 24.3 Å². The summed E-state index contributed by atoms with van der Waals surface area (Å²) in [5, 5.41) is 0.112. The summed E-state index contributed by atoms with van der Waals surface area (Å²) in [4.78, 5) is 14.8. The summed E-state index contributed by atoms with van der Waals surface area (Å²) < 4.78 is 18.0. The van der Waals surface area contributed by atoms with Gasteiger partial charge in [0.1, 0.15) is 11.4 Å². The molecule has 1 saturated heterocycles. The Morgan fingerprint density at radius 1 is 1.14 bits per heavy atom. The molecule has 164 valence electrons. The van der Waals surface area contributed by atoms with Crippen LogP contribution in [-0.4, -0.2) is 50.7 Å². The Labute approximate surface area is 177 Å². The Bertz CT molecular complexity index is 706. The first-order valence-electron chi connectivity index (χ1n) is 10.5. The predicted octanol–water partition coefficient (Wildman–Crippen LogP) is 5.64. The number of carbonyl (C=O) groups is 1. The van der Waals surface area contributed by atoms with Gasteiger partial charge < -0.3 is 18.8 Å². The van der Waals surface area contributed by atoms with Crippen molar-refractivity contribution in [3.63, 3.8) is 0 Å². The SMILES string of the molecule is COc1ccccc1C[C@H]1[C@H](O[Si](C)(C)C(C)(C)C)CCN1C(=O)OC(C)(C)C. The van der Waals surface area contributed by atoms with Crippen molar-refractivity contribution < 1.29 is 18.7 Å². The highest BCUT2D eigenvalue weighted by Gasteiger charge is 2.46. The number of ether oxygens (including phenoxy) is 2. The summed E-state index contributed by atoms with van der Waals surface area (Å²) in [7, 11) is -0.289. The Morgan fingerprint density at radius 3 is 2.31 bits per heavy atom. The summed E-state index contributed by atoms with van der Waals surface area (Å²) in [6.07, 6.45) is 1.24. The number of para-hydroxylation sites is 1. The van der Waals surface area contributed by atoms with Gasteiger partial charge in [-0.15, -0.1) is 0 Å². The summed E-state index contributed by atoms with van der Waals surface area (Å²) in [5.41, 5.74) is 0.559. The lowest BCUT2D eigenvalue weighted by Gasteiger charge is -2.40. The second-order valence-corrected chi connectivity index (χ2v) is 15.2. The molecule has 1 amide bonds. The van der Waals surface area contributed by atoms with Crippen LogP contribution < -0.4 is 4.74 Å². The second kappa shape index (κ2) is 8.68. The fourth-order valence-electron chi connectivity index (χ4n) is 3.40. The van der Waals surface area contributed by atoms with Crippen molar-refractivity contribution >= 4 is 14.4 Å². The number of benzene rings is 1. The van der Waals surface area contributed by atoms with Gasteiger partial charge in [0.25, 0.3) is 0 Å². The van der Waals surface area contributed by atoms with Gasteiger partial charge in [-0.25, -0.2) is 4.79 Å². The molecule has 0 N–H and O–H groups in total. The van der Waals surface area contributed by atoms with Crippen molar-refractivity contribution in [2.75, 3.05) is 13.7 Å². The maximum atomic E-state index is 13.0. The minimum absolute atomic E-state index is 0.00618. The quantitative estimate of drug-likeness (QED) is 0.578. The lowest BCUT2D eigenvalue weighted by Crippen LogP contribution is -2.49. The van der Waals surface area contributed by atoms with Crippen molar-refractivity contribution in [2.45, 2.75) is 90.3 Å². The molecule has 0 radical (unpaired) electrons. The lowest BCUT2D eigenvalue weighted by atomic mass is 10.0. The molecule has 1 aliphatic heterocycles. The Balaban J connectivity index is 2.32. The van der Waals surface area contributed by atoms with Crippen LogP contribution >= 0.6 is 0 Å². The molecular weight excluding hydrogens is 382 g/mol. The van der Waals surface area contributed by atoms with Crippen LogP contribution in [0.4, 0.5) is 4.79 Å². The van der Waals surface area contributed by atoms with Crippen molar-refractivity contribution in [3.05, 3.63) is 29.8 Å². The second-order valence-electron chi connectivity index (χ2n) is 10.5. The van der Waals surface area contributed by atoms with Gasteiger partial charge in [0.15, 0.2) is 8.32 Å². The Hall–Kier alpha value is -1.53. The maximum Gasteiger partial charge on any atom is 0.410 e. The van der Waals surface area contributed by atoms with E-state index in [1.165, 1.54) is 0 Å². The minimum Gasteiger partial charge on any atom is -0.496 e. The van der Waals surface area contributed by atoms with E-state index in [0.717, 1.165) is 17.7 Å². The number of hydrogen-bond acceptors (Lipinski definition) is 4. The average Bonchev–Trinajstić information content (AvgIpc) is 2.95. The molecule has 1 heterocycles. The zero-order valence-corrected chi connectivity index (χ0v) is 20.7. The zero-order chi connectivity index (χ0) is 22.0. The van der Waals surface area contributed by atoms with Gasteiger partial charge in [-0.1, -0.05) is 39.0 Å². The highest BCUT2D eigenvalue weighted by molar-refractivity contribution is 6.74. The van der Waals surface area contributed by atoms with Gasteiger partial charge in [-0.3, -0.25) is 0 Å². The first-order chi connectivity index (χ1) is 13.2. The molecule has 0 aromatic heterocycles. The van der Waals surface area contributed by atoms with E-state index in [2.05, 4.69) is 39.9 Å². The van der Waals surface area contributed by atoms with Crippen LogP contribution in [0.5, 0.6) is 5.75 Å². The van der Waals surface area contributed by atoms with E-state index >= 15 is 0 Å². The van der Waals surface area contributed by atoms with Gasteiger partial charge in [-0.2, -0.15) is 0 Å². The van der Waals surface area contributed by atoms with Crippen molar-refractivity contribution in [1.82, 2.24) is 4.90 Å². The third-order valence-electron chi connectivity index (χ3n) is 5.99. The van der Waals surface area contributed by atoms with Crippen molar-refractivity contribution in [3.8, 4) is 5.75 Å². The van der Waals surface area contributed by atoms with E-state index in [1.54, 1.807) is 7.11 Å². The van der Waals surface area contributed by atoms with Gasteiger partial charge in [-0.05, 0) is 63.4 Å². The molecule has 1 aliphatic rings. The third-order valence-corrected chi connectivity index (χ3v) is 10.5. The number of carbonyl (C=O) groups excluding carboxylic acids is 1. The van der Waals surface area contributed by atoms with Gasteiger partial charge in [0.2, 0.25) is 0 Å². The van der Waals surface area contributed by atoms with Crippen LogP contribution in [0.3, 0.4) is 0 Å². The smallest absolute Gasteiger partial charge is 0.410 e. The number of amides is 1. The number of likely N-dealkylation sites (tertiary alicyclic amines) is 1. The minimum atomic E-state index is -1.97. The fraction of sp³-hybridized carbons (Fsp3) is 0.696. The number of hydrogen-bond donors (Lipinski definition) is 0. The van der Waals surface area contributed by atoms with Crippen molar-refractivity contribution in [1.29, 1.82) is 0 Å². The summed E-state index contributed by atoms with van der Waals surface area (Å²) in [6, 6.07) is 7.93. The molecule has 2 atom stereocenters. The standard InChI is InChI=1S/C23H39NO4Si/c1-22(2,3)27-21(25)24-15-14-20(28-29(8,9)23(4,5)6)18(24)16-17-12-10-11-13-19(17)26-7/h10-13,18,20H,14-16H2,1-9H3/t18-,20+/m0/s1. The van der Waals surface area contributed by atoms with E-state index in [4.69, 9.17) is 13.9 Å². The van der Waals surface area contributed by atoms with E-state index in [1.807, 2.05) is 43.9 Å². The first-order valence-corrected chi connectivity index (χ1v) is 13.5. The maximum absolute atomic E-state index is 13.0. The molecule has 1 aromatic carbocycles. The van der Waals surface area contributed by atoms with Crippen LogP contribution in [-0.2, 0) is 15.6 Å². The highest BCUT2D eigenvalue weighted by atomic mass is 28.4. The van der Waals surface area contributed by atoms with Gasteiger partial charge in [0, 0.05) is 6.54 Å². The van der Waals surface area contributed by atoms with Crippen molar-refractivity contribution in [2.24, 2.45) is 0 Å². The van der Waals surface area contributed by atoms with Crippen LogP contribution in [0.2, 0.25) is 18.1 Å². The molecule has 0 aliphatic carbocycles. The van der Waals surface area contributed by atoms with E-state index in [-0.39, 0.29) is 23.3 Å². The van der Waals surface area contributed by atoms with Gasteiger partial charge >= 0.3 is 6.09 Å². The number of rotatable bonds is 5. The molecule has 0 bridgehead atoms. The molecular formula is C23H39NO4Si. The highest BCUT2D eigenvalue weighted by Crippen LogP contribution is 2.40. The van der Waals surface area contributed by atoms with Gasteiger partial charge in [0.05, 0.1) is 19.3 Å². The molecule has 29 heavy (non-hydrogen) atoms.